The highest BCUT2D eigenvalue weighted by molar-refractivity contribution is 5.50. The summed E-state index contributed by atoms with van der Waals surface area (Å²) in [5.74, 6) is -0.397. The van der Waals surface area contributed by atoms with Crippen LogP contribution < -0.4 is 10.6 Å². The standard InChI is InChI=1S/C15H18F2N2O/c1-10-12(4-6-20-10)9-19(2)15-13(16)7-11(3-5-18)8-14(15)17/h4,6-8H,3,5,9,18H2,1-2H3. The molecule has 108 valence electrons. The van der Waals surface area contributed by atoms with E-state index in [2.05, 4.69) is 0 Å². The van der Waals surface area contributed by atoms with Crippen molar-refractivity contribution in [2.45, 2.75) is 19.9 Å². The summed E-state index contributed by atoms with van der Waals surface area (Å²) in [6.45, 7) is 2.56. The zero-order valence-electron chi connectivity index (χ0n) is 11.6. The Bertz CT molecular complexity index is 572. The molecule has 2 aromatic rings. The predicted molar refractivity (Wildman–Crippen MR) is 74.7 cm³/mol. The first kappa shape index (κ1) is 14.5. The van der Waals surface area contributed by atoms with Crippen molar-refractivity contribution in [3.05, 3.63) is 53.0 Å². The van der Waals surface area contributed by atoms with Crippen molar-refractivity contribution in [3.8, 4) is 0 Å². The zero-order valence-corrected chi connectivity index (χ0v) is 11.6. The molecule has 5 heteroatoms. The van der Waals surface area contributed by atoms with Crippen molar-refractivity contribution in [1.29, 1.82) is 0 Å². The highest BCUT2D eigenvalue weighted by Gasteiger charge is 2.16. The van der Waals surface area contributed by atoms with Gasteiger partial charge in [0.15, 0.2) is 0 Å². The molecule has 0 saturated carbocycles. The van der Waals surface area contributed by atoms with Gasteiger partial charge in [0, 0.05) is 19.2 Å². The van der Waals surface area contributed by atoms with Crippen LogP contribution in [0.5, 0.6) is 0 Å². The molecule has 2 N–H and O–H groups in total. The maximum absolute atomic E-state index is 14.1. The van der Waals surface area contributed by atoms with Crippen LogP contribution in [0.1, 0.15) is 16.9 Å². The fourth-order valence-corrected chi connectivity index (χ4v) is 2.20. The molecular formula is C15H18F2N2O. The predicted octanol–water partition coefficient (Wildman–Crippen LogP) is 3.00. The summed E-state index contributed by atoms with van der Waals surface area (Å²) < 4.78 is 33.3. The molecule has 1 aromatic carbocycles. The normalized spacial score (nSPS) is 10.8. The minimum Gasteiger partial charge on any atom is -0.469 e. The van der Waals surface area contributed by atoms with Gasteiger partial charge in [-0.2, -0.15) is 0 Å². The third kappa shape index (κ3) is 2.99. The summed E-state index contributed by atoms with van der Waals surface area (Å²) in [4.78, 5) is 1.54. The molecule has 0 aliphatic carbocycles. The van der Waals surface area contributed by atoms with Crippen molar-refractivity contribution in [2.75, 3.05) is 18.5 Å². The topological polar surface area (TPSA) is 42.4 Å². The minimum atomic E-state index is -0.572. The van der Waals surface area contributed by atoms with Crippen LogP contribution >= 0.6 is 0 Å². The highest BCUT2D eigenvalue weighted by Crippen LogP contribution is 2.26. The quantitative estimate of drug-likeness (QED) is 0.915. The second-order valence-corrected chi connectivity index (χ2v) is 4.80. The summed E-state index contributed by atoms with van der Waals surface area (Å²) in [6.07, 6.45) is 2.02. The van der Waals surface area contributed by atoms with E-state index in [9.17, 15) is 8.78 Å². The molecule has 2 rings (SSSR count). The molecule has 0 unspecified atom stereocenters. The van der Waals surface area contributed by atoms with Crippen LogP contribution in [0, 0.1) is 18.6 Å². The summed E-state index contributed by atoms with van der Waals surface area (Å²) in [7, 11) is 1.65. The number of hydrogen-bond acceptors (Lipinski definition) is 3. The van der Waals surface area contributed by atoms with Crippen LogP contribution in [0.15, 0.2) is 28.9 Å². The lowest BCUT2D eigenvalue weighted by Gasteiger charge is -2.21. The van der Waals surface area contributed by atoms with Crippen molar-refractivity contribution in [2.24, 2.45) is 5.73 Å². The van der Waals surface area contributed by atoms with Gasteiger partial charge in [-0.05, 0) is 43.7 Å². The Morgan fingerprint density at radius 2 is 1.90 bits per heavy atom. The van der Waals surface area contributed by atoms with Gasteiger partial charge in [-0.3, -0.25) is 0 Å². The van der Waals surface area contributed by atoms with E-state index >= 15 is 0 Å². The Hall–Kier alpha value is -1.88. The van der Waals surface area contributed by atoms with Gasteiger partial charge in [-0.1, -0.05) is 0 Å². The Morgan fingerprint density at radius 3 is 2.40 bits per heavy atom. The first-order valence-electron chi connectivity index (χ1n) is 6.45. The minimum absolute atomic E-state index is 0.0358. The summed E-state index contributed by atoms with van der Waals surface area (Å²) in [5.41, 5.74) is 6.83. The lowest BCUT2D eigenvalue weighted by Crippen LogP contribution is -2.19. The average molecular weight is 280 g/mol. The number of anilines is 1. The largest absolute Gasteiger partial charge is 0.469 e. The summed E-state index contributed by atoms with van der Waals surface area (Å²) >= 11 is 0. The van der Waals surface area contributed by atoms with Crippen molar-refractivity contribution < 1.29 is 13.2 Å². The average Bonchev–Trinajstić information content (AvgIpc) is 2.74. The van der Waals surface area contributed by atoms with Gasteiger partial charge in [0.1, 0.15) is 23.1 Å². The lowest BCUT2D eigenvalue weighted by atomic mass is 10.1. The fourth-order valence-electron chi connectivity index (χ4n) is 2.20. The maximum atomic E-state index is 14.1. The van der Waals surface area contributed by atoms with Gasteiger partial charge in [-0.25, -0.2) is 8.78 Å². The molecule has 0 atom stereocenters. The maximum Gasteiger partial charge on any atom is 0.149 e. The Kier molecular flexibility index (Phi) is 4.39. The van der Waals surface area contributed by atoms with Gasteiger partial charge in [0.05, 0.1) is 6.26 Å². The molecule has 1 aromatic heterocycles. The molecule has 20 heavy (non-hydrogen) atoms. The van der Waals surface area contributed by atoms with Crippen LogP contribution in [-0.4, -0.2) is 13.6 Å². The second-order valence-electron chi connectivity index (χ2n) is 4.80. The molecule has 0 bridgehead atoms. The number of nitrogens with zero attached hydrogens (tertiary/aromatic N) is 1. The molecule has 0 aliphatic heterocycles. The number of hydrogen-bond donors (Lipinski definition) is 1. The van der Waals surface area contributed by atoms with Crippen molar-refractivity contribution in [1.82, 2.24) is 0 Å². The van der Waals surface area contributed by atoms with Gasteiger partial charge in [-0.15, -0.1) is 0 Å². The number of rotatable bonds is 5. The number of nitrogens with two attached hydrogens (primary N) is 1. The molecule has 3 nitrogen and oxygen atoms in total. The van der Waals surface area contributed by atoms with Gasteiger partial charge in [0.25, 0.3) is 0 Å². The summed E-state index contributed by atoms with van der Waals surface area (Å²) in [5, 5.41) is 0. The van der Waals surface area contributed by atoms with E-state index in [-0.39, 0.29) is 5.69 Å². The van der Waals surface area contributed by atoms with E-state index in [4.69, 9.17) is 10.2 Å². The number of halogens is 2. The highest BCUT2D eigenvalue weighted by atomic mass is 19.1. The molecule has 0 amide bonds. The Balaban J connectivity index is 2.25. The summed E-state index contributed by atoms with van der Waals surface area (Å²) in [6, 6.07) is 4.47. The Labute approximate surface area is 117 Å². The van der Waals surface area contributed by atoms with Crippen LogP contribution in [-0.2, 0) is 13.0 Å². The molecule has 0 spiro atoms. The molecule has 0 aliphatic rings. The first-order chi connectivity index (χ1) is 9.52. The molecule has 0 fully saturated rings. The molecular weight excluding hydrogens is 262 g/mol. The molecule has 0 radical (unpaired) electrons. The van der Waals surface area contributed by atoms with E-state index < -0.39 is 11.6 Å². The van der Waals surface area contributed by atoms with E-state index in [1.807, 2.05) is 6.92 Å². The van der Waals surface area contributed by atoms with E-state index in [1.54, 1.807) is 19.4 Å². The third-order valence-corrected chi connectivity index (χ3v) is 3.27. The Morgan fingerprint density at radius 1 is 1.25 bits per heavy atom. The monoisotopic (exact) mass is 280 g/mol. The van der Waals surface area contributed by atoms with E-state index in [0.29, 0.717) is 25.1 Å². The van der Waals surface area contributed by atoms with Crippen molar-refractivity contribution in [3.63, 3.8) is 0 Å². The van der Waals surface area contributed by atoms with E-state index in [1.165, 1.54) is 17.0 Å². The SMILES string of the molecule is Cc1occc1CN(C)c1c(F)cc(CCN)cc1F. The van der Waals surface area contributed by atoms with Gasteiger partial charge < -0.3 is 15.1 Å². The number of furan rings is 1. The lowest BCUT2D eigenvalue weighted by molar-refractivity contribution is 0.528. The van der Waals surface area contributed by atoms with E-state index in [0.717, 1.165) is 11.3 Å². The zero-order chi connectivity index (χ0) is 14.7. The fraction of sp³-hybridized carbons (Fsp3) is 0.333. The molecule has 0 saturated heterocycles. The van der Waals surface area contributed by atoms with Gasteiger partial charge >= 0.3 is 0 Å². The number of aryl methyl sites for hydroxylation is 1. The molecule has 1 heterocycles. The second kappa shape index (κ2) is 6.05. The smallest absolute Gasteiger partial charge is 0.149 e. The van der Waals surface area contributed by atoms with Gasteiger partial charge in [0.2, 0.25) is 0 Å². The van der Waals surface area contributed by atoms with Crippen LogP contribution in [0.3, 0.4) is 0 Å². The first-order valence-corrected chi connectivity index (χ1v) is 6.45. The number of benzene rings is 1. The van der Waals surface area contributed by atoms with Crippen molar-refractivity contribution >= 4 is 5.69 Å². The third-order valence-electron chi connectivity index (χ3n) is 3.27. The van der Waals surface area contributed by atoms with Crippen LogP contribution in [0.2, 0.25) is 0 Å². The van der Waals surface area contributed by atoms with Crippen LogP contribution in [0.4, 0.5) is 14.5 Å². The van der Waals surface area contributed by atoms with Crippen LogP contribution in [0.25, 0.3) is 0 Å².